The number of imidazole rings is 1. The lowest BCUT2D eigenvalue weighted by Gasteiger charge is -2.20. The lowest BCUT2D eigenvalue weighted by molar-refractivity contribution is -0.123. The van der Waals surface area contributed by atoms with Crippen molar-refractivity contribution >= 4 is 5.91 Å². The van der Waals surface area contributed by atoms with Gasteiger partial charge in [-0.05, 0) is 27.2 Å². The summed E-state index contributed by atoms with van der Waals surface area (Å²) in [4.78, 5) is 23.5. The summed E-state index contributed by atoms with van der Waals surface area (Å²) in [5.41, 5.74) is -0.400. The molecule has 0 unspecified atom stereocenters. The molecule has 5 heteroatoms. The van der Waals surface area contributed by atoms with Crippen LogP contribution in [0.3, 0.4) is 0 Å². The zero-order chi connectivity index (χ0) is 13.1. The number of nitrogens with zero attached hydrogens (tertiary/aromatic N) is 2. The Morgan fingerprint density at radius 1 is 1.29 bits per heavy atom. The van der Waals surface area contributed by atoms with Gasteiger partial charge in [-0.25, -0.2) is 4.79 Å². The number of hydrogen-bond acceptors (Lipinski definition) is 2. The smallest absolute Gasteiger partial charge is 0.328 e. The fourth-order valence-corrected chi connectivity index (χ4v) is 1.60. The van der Waals surface area contributed by atoms with Crippen molar-refractivity contribution in [2.24, 2.45) is 0 Å². The van der Waals surface area contributed by atoms with Crippen LogP contribution < -0.4 is 11.0 Å². The maximum atomic E-state index is 11.8. The summed E-state index contributed by atoms with van der Waals surface area (Å²) >= 11 is 0. The van der Waals surface area contributed by atoms with E-state index >= 15 is 0 Å². The van der Waals surface area contributed by atoms with Crippen molar-refractivity contribution in [2.75, 3.05) is 0 Å². The van der Waals surface area contributed by atoms with Crippen molar-refractivity contribution in [3.63, 3.8) is 0 Å². The normalized spacial score (nSPS) is 11.5. The highest BCUT2D eigenvalue weighted by Crippen LogP contribution is 1.98. The van der Waals surface area contributed by atoms with Crippen molar-refractivity contribution in [2.45, 2.75) is 52.7 Å². The number of carbonyl (C=O) groups excluding carboxylic acids is 1. The van der Waals surface area contributed by atoms with Gasteiger partial charge in [0, 0.05) is 24.5 Å². The first-order valence-corrected chi connectivity index (χ1v) is 5.90. The van der Waals surface area contributed by atoms with E-state index in [0.717, 1.165) is 6.42 Å². The minimum atomic E-state index is -0.271. The van der Waals surface area contributed by atoms with E-state index in [-0.39, 0.29) is 23.7 Å². The van der Waals surface area contributed by atoms with Crippen molar-refractivity contribution in [3.8, 4) is 0 Å². The molecule has 0 atom stereocenters. The molecule has 1 aromatic rings. The summed E-state index contributed by atoms with van der Waals surface area (Å²) in [5, 5.41) is 2.83. The second-order valence-electron chi connectivity index (χ2n) is 5.20. The van der Waals surface area contributed by atoms with E-state index in [1.807, 2.05) is 27.7 Å². The highest BCUT2D eigenvalue weighted by molar-refractivity contribution is 5.76. The minimum absolute atomic E-state index is 0.0762. The number of hydrogen-bond donors (Lipinski definition) is 1. The number of nitrogens with one attached hydrogen (secondary N) is 1. The van der Waals surface area contributed by atoms with Crippen LogP contribution in [-0.2, 0) is 17.9 Å². The van der Waals surface area contributed by atoms with Gasteiger partial charge in [-0.1, -0.05) is 6.92 Å². The third-order valence-electron chi connectivity index (χ3n) is 2.21. The monoisotopic (exact) mass is 239 g/mol. The van der Waals surface area contributed by atoms with Crippen LogP contribution >= 0.6 is 0 Å². The molecule has 0 aliphatic carbocycles. The van der Waals surface area contributed by atoms with Gasteiger partial charge in [0.25, 0.3) is 0 Å². The number of amides is 1. The number of carbonyl (C=O) groups is 1. The molecular formula is C12H21N3O2. The molecule has 0 spiro atoms. The van der Waals surface area contributed by atoms with Crippen LogP contribution in [0.15, 0.2) is 17.2 Å². The summed E-state index contributed by atoms with van der Waals surface area (Å²) in [6, 6.07) is 0. The summed E-state index contributed by atoms with van der Waals surface area (Å²) in [6.07, 6.45) is 4.27. The third-order valence-corrected chi connectivity index (χ3v) is 2.21. The largest absolute Gasteiger partial charge is 0.350 e. The highest BCUT2D eigenvalue weighted by Gasteiger charge is 2.14. The fraction of sp³-hybridized carbons (Fsp3) is 0.667. The SMILES string of the molecule is CCCn1ccn(CC(=O)NC(C)(C)C)c1=O. The third kappa shape index (κ3) is 4.09. The van der Waals surface area contributed by atoms with Crippen molar-refractivity contribution in [3.05, 3.63) is 22.9 Å². The van der Waals surface area contributed by atoms with Crippen LogP contribution in [0.1, 0.15) is 34.1 Å². The number of aromatic nitrogens is 2. The Bertz CT molecular complexity index is 437. The Balaban J connectivity index is 2.70. The average Bonchev–Trinajstić information content (AvgIpc) is 2.47. The van der Waals surface area contributed by atoms with Gasteiger partial charge in [0.05, 0.1) is 0 Å². The van der Waals surface area contributed by atoms with Gasteiger partial charge in [0.2, 0.25) is 5.91 Å². The quantitative estimate of drug-likeness (QED) is 0.851. The zero-order valence-corrected chi connectivity index (χ0v) is 11.0. The predicted octanol–water partition coefficient (Wildman–Crippen LogP) is 0.974. The van der Waals surface area contributed by atoms with E-state index in [1.54, 1.807) is 17.0 Å². The first kappa shape index (κ1) is 13.5. The molecular weight excluding hydrogens is 218 g/mol. The van der Waals surface area contributed by atoms with Gasteiger partial charge in [0.1, 0.15) is 6.54 Å². The van der Waals surface area contributed by atoms with Gasteiger partial charge in [0.15, 0.2) is 0 Å². The van der Waals surface area contributed by atoms with Crippen LogP contribution in [0, 0.1) is 0 Å². The lowest BCUT2D eigenvalue weighted by Crippen LogP contribution is -2.43. The summed E-state index contributed by atoms with van der Waals surface area (Å²) in [7, 11) is 0. The van der Waals surface area contributed by atoms with Crippen LogP contribution in [0.4, 0.5) is 0 Å². The molecule has 0 fully saturated rings. The van der Waals surface area contributed by atoms with Gasteiger partial charge in [-0.15, -0.1) is 0 Å². The predicted molar refractivity (Wildman–Crippen MR) is 66.9 cm³/mol. The molecule has 0 saturated carbocycles. The maximum absolute atomic E-state index is 11.8. The zero-order valence-electron chi connectivity index (χ0n) is 11.0. The molecule has 0 aliphatic rings. The van der Waals surface area contributed by atoms with E-state index in [2.05, 4.69) is 5.32 Å². The second kappa shape index (κ2) is 5.21. The fourth-order valence-electron chi connectivity index (χ4n) is 1.60. The van der Waals surface area contributed by atoms with E-state index in [9.17, 15) is 9.59 Å². The topological polar surface area (TPSA) is 56.0 Å². The molecule has 1 aromatic heterocycles. The molecule has 0 aromatic carbocycles. The first-order valence-electron chi connectivity index (χ1n) is 5.90. The molecule has 0 saturated heterocycles. The van der Waals surface area contributed by atoms with Gasteiger partial charge < -0.3 is 5.32 Å². The Kier molecular flexibility index (Phi) is 4.15. The van der Waals surface area contributed by atoms with Crippen LogP contribution in [0.25, 0.3) is 0 Å². The molecule has 1 N–H and O–H groups in total. The van der Waals surface area contributed by atoms with Crippen LogP contribution in [0.5, 0.6) is 0 Å². The molecule has 1 amide bonds. The molecule has 5 nitrogen and oxygen atoms in total. The standard InChI is InChI=1S/C12H21N3O2/c1-5-6-14-7-8-15(11(14)17)9-10(16)13-12(2,3)4/h7-8H,5-6,9H2,1-4H3,(H,13,16). The van der Waals surface area contributed by atoms with Gasteiger partial charge >= 0.3 is 5.69 Å². The molecule has 17 heavy (non-hydrogen) atoms. The van der Waals surface area contributed by atoms with Crippen molar-refractivity contribution in [1.29, 1.82) is 0 Å². The summed E-state index contributed by atoms with van der Waals surface area (Å²) in [6.45, 7) is 8.51. The number of rotatable bonds is 4. The van der Waals surface area contributed by atoms with E-state index in [4.69, 9.17) is 0 Å². The number of aryl methyl sites for hydroxylation is 1. The molecule has 0 aliphatic heterocycles. The van der Waals surface area contributed by atoms with Crippen molar-refractivity contribution < 1.29 is 4.79 Å². The molecule has 1 rings (SSSR count). The van der Waals surface area contributed by atoms with E-state index in [0.29, 0.717) is 6.54 Å². The molecule has 96 valence electrons. The molecule has 0 bridgehead atoms. The van der Waals surface area contributed by atoms with Crippen molar-refractivity contribution in [1.82, 2.24) is 14.5 Å². The Morgan fingerprint density at radius 2 is 1.88 bits per heavy atom. The van der Waals surface area contributed by atoms with Crippen LogP contribution in [0.2, 0.25) is 0 Å². The van der Waals surface area contributed by atoms with Crippen LogP contribution in [-0.4, -0.2) is 20.6 Å². The van der Waals surface area contributed by atoms with Gasteiger partial charge in [-0.3, -0.25) is 13.9 Å². The second-order valence-corrected chi connectivity index (χ2v) is 5.20. The Hall–Kier alpha value is -1.52. The Labute approximate surface area is 101 Å². The average molecular weight is 239 g/mol. The first-order chi connectivity index (χ1) is 7.83. The Morgan fingerprint density at radius 3 is 2.41 bits per heavy atom. The summed E-state index contributed by atoms with van der Waals surface area (Å²) in [5.74, 6) is -0.145. The molecule has 0 radical (unpaired) electrons. The lowest BCUT2D eigenvalue weighted by atomic mass is 10.1. The van der Waals surface area contributed by atoms with E-state index < -0.39 is 0 Å². The minimum Gasteiger partial charge on any atom is -0.350 e. The molecule has 1 heterocycles. The maximum Gasteiger partial charge on any atom is 0.328 e. The highest BCUT2D eigenvalue weighted by atomic mass is 16.2. The van der Waals surface area contributed by atoms with Gasteiger partial charge in [-0.2, -0.15) is 0 Å². The van der Waals surface area contributed by atoms with E-state index in [1.165, 1.54) is 4.57 Å². The summed E-state index contributed by atoms with van der Waals surface area (Å²) < 4.78 is 3.04.